The predicted octanol–water partition coefficient (Wildman–Crippen LogP) is 1.75. The van der Waals surface area contributed by atoms with E-state index in [0.717, 1.165) is 19.3 Å². The van der Waals surface area contributed by atoms with Gasteiger partial charge in [-0.1, -0.05) is 13.0 Å². The van der Waals surface area contributed by atoms with Crippen molar-refractivity contribution in [2.45, 2.75) is 37.6 Å². The van der Waals surface area contributed by atoms with E-state index in [2.05, 4.69) is 11.6 Å². The largest absolute Gasteiger partial charge is 0.326 e. The summed E-state index contributed by atoms with van der Waals surface area (Å²) in [6.07, 6.45) is 3.03. The molecule has 2 rings (SSSR count). The number of nitrogens with two attached hydrogens (primary N) is 1. The van der Waals surface area contributed by atoms with Crippen molar-refractivity contribution >= 4 is 10.0 Å². The zero-order valence-corrected chi connectivity index (χ0v) is 11.8. The molecule has 1 aromatic carbocycles. The van der Waals surface area contributed by atoms with Gasteiger partial charge in [-0.25, -0.2) is 17.5 Å². The molecule has 0 radical (unpaired) electrons. The summed E-state index contributed by atoms with van der Waals surface area (Å²) in [6.45, 7) is 2.32. The van der Waals surface area contributed by atoms with Crippen molar-refractivity contribution in [2.24, 2.45) is 11.1 Å². The molecule has 1 aromatic rings. The monoisotopic (exact) mass is 286 g/mol. The Balaban J connectivity index is 2.22. The van der Waals surface area contributed by atoms with Gasteiger partial charge in [0.25, 0.3) is 0 Å². The van der Waals surface area contributed by atoms with Crippen LogP contribution >= 0.6 is 0 Å². The van der Waals surface area contributed by atoms with Gasteiger partial charge < -0.3 is 5.73 Å². The first kappa shape index (κ1) is 14.4. The van der Waals surface area contributed by atoms with Crippen LogP contribution in [0.5, 0.6) is 0 Å². The zero-order valence-electron chi connectivity index (χ0n) is 10.9. The van der Waals surface area contributed by atoms with E-state index in [0.29, 0.717) is 6.54 Å². The average Bonchev–Trinajstić information content (AvgIpc) is 3.17. The molecule has 0 saturated heterocycles. The molecule has 6 heteroatoms. The van der Waals surface area contributed by atoms with Gasteiger partial charge in [-0.15, -0.1) is 0 Å². The van der Waals surface area contributed by atoms with Gasteiger partial charge in [-0.2, -0.15) is 0 Å². The van der Waals surface area contributed by atoms with E-state index in [1.165, 1.54) is 18.2 Å². The Morgan fingerprint density at radius 3 is 2.63 bits per heavy atom. The number of nitrogens with one attached hydrogen (secondary N) is 1. The SMILES string of the molecule is CCC1(CNS(=O)(=O)c2cccc(F)c2CN)CC1. The van der Waals surface area contributed by atoms with Gasteiger partial charge in [0.15, 0.2) is 0 Å². The number of benzene rings is 1. The second kappa shape index (κ2) is 5.19. The fourth-order valence-corrected chi connectivity index (χ4v) is 3.56. The molecule has 0 aliphatic heterocycles. The molecule has 4 nitrogen and oxygen atoms in total. The van der Waals surface area contributed by atoms with Crippen LogP contribution in [-0.4, -0.2) is 15.0 Å². The minimum atomic E-state index is -3.70. The fourth-order valence-electron chi connectivity index (χ4n) is 2.15. The van der Waals surface area contributed by atoms with Crippen molar-refractivity contribution in [3.05, 3.63) is 29.6 Å². The van der Waals surface area contributed by atoms with Crippen LogP contribution in [0.4, 0.5) is 4.39 Å². The van der Waals surface area contributed by atoms with Gasteiger partial charge in [0.05, 0.1) is 4.90 Å². The van der Waals surface area contributed by atoms with Crippen LogP contribution in [0.15, 0.2) is 23.1 Å². The fraction of sp³-hybridized carbons (Fsp3) is 0.538. The van der Waals surface area contributed by atoms with Crippen molar-refractivity contribution < 1.29 is 12.8 Å². The van der Waals surface area contributed by atoms with E-state index in [-0.39, 0.29) is 22.4 Å². The van der Waals surface area contributed by atoms with Crippen LogP contribution in [0.25, 0.3) is 0 Å². The molecule has 1 fully saturated rings. The van der Waals surface area contributed by atoms with Gasteiger partial charge in [-0.3, -0.25) is 0 Å². The van der Waals surface area contributed by atoms with E-state index in [1.807, 2.05) is 0 Å². The number of hydrogen-bond donors (Lipinski definition) is 2. The van der Waals surface area contributed by atoms with E-state index in [1.54, 1.807) is 0 Å². The molecule has 0 amide bonds. The average molecular weight is 286 g/mol. The maximum absolute atomic E-state index is 13.6. The summed E-state index contributed by atoms with van der Waals surface area (Å²) < 4.78 is 40.6. The normalized spacial score (nSPS) is 17.4. The quantitative estimate of drug-likeness (QED) is 0.837. The number of sulfonamides is 1. The smallest absolute Gasteiger partial charge is 0.241 e. The van der Waals surface area contributed by atoms with Crippen molar-refractivity contribution in [1.82, 2.24) is 4.72 Å². The van der Waals surface area contributed by atoms with Gasteiger partial charge >= 0.3 is 0 Å². The summed E-state index contributed by atoms with van der Waals surface area (Å²) in [4.78, 5) is -0.0538. The Kier molecular flexibility index (Phi) is 3.94. The van der Waals surface area contributed by atoms with Gasteiger partial charge in [0, 0.05) is 18.7 Å². The molecule has 106 valence electrons. The Labute approximate surface area is 113 Å². The van der Waals surface area contributed by atoms with Crippen molar-refractivity contribution in [3.8, 4) is 0 Å². The Morgan fingerprint density at radius 1 is 1.42 bits per heavy atom. The maximum atomic E-state index is 13.6. The van der Waals surface area contributed by atoms with Crippen LogP contribution in [-0.2, 0) is 16.6 Å². The molecule has 1 aliphatic carbocycles. The molecule has 1 saturated carbocycles. The van der Waals surface area contributed by atoms with Crippen LogP contribution < -0.4 is 10.5 Å². The third kappa shape index (κ3) is 2.96. The van der Waals surface area contributed by atoms with Crippen LogP contribution in [0.2, 0.25) is 0 Å². The Morgan fingerprint density at radius 2 is 2.11 bits per heavy atom. The second-order valence-corrected chi connectivity index (χ2v) is 6.83. The minimum absolute atomic E-state index is 0.0383. The first-order valence-corrected chi connectivity index (χ1v) is 7.89. The molecular weight excluding hydrogens is 267 g/mol. The summed E-state index contributed by atoms with van der Waals surface area (Å²) in [5.74, 6) is -0.581. The number of rotatable bonds is 6. The lowest BCUT2D eigenvalue weighted by atomic mass is 10.1. The molecule has 19 heavy (non-hydrogen) atoms. The van der Waals surface area contributed by atoms with E-state index in [9.17, 15) is 12.8 Å². The molecule has 3 N–H and O–H groups in total. The molecular formula is C13H19FN2O2S. The minimum Gasteiger partial charge on any atom is -0.326 e. The van der Waals surface area contributed by atoms with Gasteiger partial charge in [0.1, 0.15) is 5.82 Å². The highest BCUT2D eigenvalue weighted by Crippen LogP contribution is 2.48. The standard InChI is InChI=1S/C13H19FN2O2S/c1-2-13(6-7-13)9-16-19(17,18)12-5-3-4-11(14)10(12)8-15/h3-5,16H,2,6-9,15H2,1H3. The van der Waals surface area contributed by atoms with Crippen molar-refractivity contribution in [1.29, 1.82) is 0 Å². The van der Waals surface area contributed by atoms with Gasteiger partial charge in [0.2, 0.25) is 10.0 Å². The first-order valence-electron chi connectivity index (χ1n) is 6.41. The lowest BCUT2D eigenvalue weighted by Crippen LogP contribution is -2.31. The Bertz CT molecular complexity index is 568. The summed E-state index contributed by atoms with van der Waals surface area (Å²) >= 11 is 0. The van der Waals surface area contributed by atoms with Gasteiger partial charge in [-0.05, 0) is 36.8 Å². The maximum Gasteiger partial charge on any atom is 0.241 e. The van der Waals surface area contributed by atoms with Crippen LogP contribution in [0, 0.1) is 11.2 Å². The molecule has 0 atom stereocenters. The van der Waals surface area contributed by atoms with E-state index < -0.39 is 15.8 Å². The van der Waals surface area contributed by atoms with Crippen LogP contribution in [0.3, 0.4) is 0 Å². The summed E-state index contributed by atoms with van der Waals surface area (Å²) in [5, 5.41) is 0. The van der Waals surface area contributed by atoms with Crippen molar-refractivity contribution in [3.63, 3.8) is 0 Å². The van der Waals surface area contributed by atoms with E-state index >= 15 is 0 Å². The highest BCUT2D eigenvalue weighted by molar-refractivity contribution is 7.89. The number of halogens is 1. The first-order chi connectivity index (χ1) is 8.94. The molecule has 0 spiro atoms. The molecule has 0 heterocycles. The van der Waals surface area contributed by atoms with Crippen molar-refractivity contribution in [2.75, 3.05) is 6.54 Å². The summed E-state index contributed by atoms with van der Waals surface area (Å²) in [7, 11) is -3.70. The molecule has 1 aliphatic rings. The lowest BCUT2D eigenvalue weighted by Gasteiger charge is -2.15. The topological polar surface area (TPSA) is 72.2 Å². The molecule has 0 unspecified atom stereocenters. The van der Waals surface area contributed by atoms with E-state index in [4.69, 9.17) is 5.73 Å². The Hall–Kier alpha value is -0.980. The molecule has 0 bridgehead atoms. The van der Waals surface area contributed by atoms with Crippen LogP contribution in [0.1, 0.15) is 31.7 Å². The summed E-state index contributed by atoms with van der Waals surface area (Å²) in [6, 6.07) is 3.99. The second-order valence-electron chi connectivity index (χ2n) is 5.10. The predicted molar refractivity (Wildman–Crippen MR) is 71.4 cm³/mol. The lowest BCUT2D eigenvalue weighted by molar-refractivity contribution is 0.475. The molecule has 0 aromatic heterocycles. The zero-order chi connectivity index (χ0) is 14.1. The highest BCUT2D eigenvalue weighted by atomic mass is 32.2. The highest BCUT2D eigenvalue weighted by Gasteiger charge is 2.41. The third-order valence-corrected chi connectivity index (χ3v) is 5.40. The summed E-state index contributed by atoms with van der Waals surface area (Å²) in [5.41, 5.74) is 5.58. The number of hydrogen-bond acceptors (Lipinski definition) is 3. The third-order valence-electron chi connectivity index (χ3n) is 3.91.